The second kappa shape index (κ2) is 6.95. The van der Waals surface area contributed by atoms with Crippen molar-refractivity contribution >= 4 is 50.7 Å². The number of nitrogens with one attached hydrogen (secondary N) is 1. The van der Waals surface area contributed by atoms with Gasteiger partial charge in [0.1, 0.15) is 0 Å². The Bertz CT molecular complexity index is 792. The summed E-state index contributed by atoms with van der Waals surface area (Å²) in [6.45, 7) is 2.35. The van der Waals surface area contributed by atoms with Crippen molar-refractivity contribution in [2.45, 2.75) is 13.3 Å². The number of amides is 2. The normalized spacial score (nSPS) is 17.2. The second-order valence-electron chi connectivity index (χ2n) is 5.85. The summed E-state index contributed by atoms with van der Waals surface area (Å²) in [4.78, 5) is 26.4. The van der Waals surface area contributed by atoms with Crippen molar-refractivity contribution in [3.63, 3.8) is 0 Å². The SMILES string of the molecule is Cc1ccc(NC(=O)[C@@H]2CC(=O)N(c3ccc(Cl)cc3)C2)c(Br)c1. The van der Waals surface area contributed by atoms with E-state index in [2.05, 4.69) is 21.2 Å². The van der Waals surface area contributed by atoms with Crippen LogP contribution in [0.3, 0.4) is 0 Å². The fourth-order valence-corrected chi connectivity index (χ4v) is 3.43. The summed E-state index contributed by atoms with van der Waals surface area (Å²) in [6.07, 6.45) is 0.206. The largest absolute Gasteiger partial charge is 0.325 e. The van der Waals surface area contributed by atoms with Crippen molar-refractivity contribution in [1.29, 1.82) is 0 Å². The van der Waals surface area contributed by atoms with Crippen LogP contribution in [-0.4, -0.2) is 18.4 Å². The average Bonchev–Trinajstić information content (AvgIpc) is 2.93. The zero-order valence-electron chi connectivity index (χ0n) is 13.1. The van der Waals surface area contributed by atoms with Crippen molar-refractivity contribution in [3.05, 3.63) is 57.5 Å². The van der Waals surface area contributed by atoms with Crippen LogP contribution in [0.1, 0.15) is 12.0 Å². The topological polar surface area (TPSA) is 49.4 Å². The maximum atomic E-state index is 12.5. The van der Waals surface area contributed by atoms with E-state index in [1.165, 1.54) is 0 Å². The van der Waals surface area contributed by atoms with Crippen LogP contribution in [0.5, 0.6) is 0 Å². The summed E-state index contributed by atoms with van der Waals surface area (Å²) >= 11 is 9.32. The maximum absolute atomic E-state index is 12.5. The number of hydrogen-bond acceptors (Lipinski definition) is 2. The molecule has 1 N–H and O–H groups in total. The molecule has 0 aromatic heterocycles. The number of hydrogen-bond donors (Lipinski definition) is 1. The van der Waals surface area contributed by atoms with Crippen molar-refractivity contribution < 1.29 is 9.59 Å². The van der Waals surface area contributed by atoms with Gasteiger partial charge in [-0.15, -0.1) is 0 Å². The molecular weight excluding hydrogens is 392 g/mol. The quantitative estimate of drug-likeness (QED) is 0.819. The number of carbonyl (C=O) groups is 2. The molecule has 0 radical (unpaired) electrons. The van der Waals surface area contributed by atoms with E-state index in [-0.39, 0.29) is 24.2 Å². The van der Waals surface area contributed by atoms with Gasteiger partial charge in [0.25, 0.3) is 0 Å². The third kappa shape index (κ3) is 3.62. The lowest BCUT2D eigenvalue weighted by Gasteiger charge is -2.17. The number of carbonyl (C=O) groups excluding carboxylic acids is 2. The van der Waals surface area contributed by atoms with E-state index in [9.17, 15) is 9.59 Å². The number of halogens is 2. The van der Waals surface area contributed by atoms with Crippen molar-refractivity contribution in [2.24, 2.45) is 5.92 Å². The minimum atomic E-state index is -0.374. The summed E-state index contributed by atoms with van der Waals surface area (Å²) in [6, 6.07) is 12.8. The van der Waals surface area contributed by atoms with Gasteiger partial charge in [-0.2, -0.15) is 0 Å². The van der Waals surface area contributed by atoms with Gasteiger partial charge in [0.15, 0.2) is 0 Å². The van der Waals surface area contributed by atoms with Gasteiger partial charge < -0.3 is 10.2 Å². The van der Waals surface area contributed by atoms with E-state index >= 15 is 0 Å². The number of rotatable bonds is 3. The van der Waals surface area contributed by atoms with E-state index in [1.807, 2.05) is 25.1 Å². The van der Waals surface area contributed by atoms with Gasteiger partial charge in [-0.25, -0.2) is 0 Å². The Morgan fingerprint density at radius 3 is 2.62 bits per heavy atom. The molecule has 0 unspecified atom stereocenters. The van der Waals surface area contributed by atoms with Gasteiger partial charge in [-0.05, 0) is 64.8 Å². The number of nitrogens with zero attached hydrogens (tertiary/aromatic N) is 1. The molecule has 24 heavy (non-hydrogen) atoms. The fraction of sp³-hybridized carbons (Fsp3) is 0.222. The van der Waals surface area contributed by atoms with Gasteiger partial charge >= 0.3 is 0 Å². The average molecular weight is 408 g/mol. The highest BCUT2D eigenvalue weighted by atomic mass is 79.9. The molecule has 1 fully saturated rings. The van der Waals surface area contributed by atoms with Gasteiger partial charge in [0.05, 0.1) is 11.6 Å². The minimum Gasteiger partial charge on any atom is -0.325 e. The zero-order valence-corrected chi connectivity index (χ0v) is 15.4. The molecule has 1 aliphatic rings. The fourth-order valence-electron chi connectivity index (χ4n) is 2.71. The monoisotopic (exact) mass is 406 g/mol. The lowest BCUT2D eigenvalue weighted by Crippen LogP contribution is -2.28. The first-order chi connectivity index (χ1) is 11.4. The molecule has 0 spiro atoms. The molecular formula is C18H16BrClN2O2. The zero-order chi connectivity index (χ0) is 17.3. The third-order valence-corrected chi connectivity index (χ3v) is 4.92. The van der Waals surface area contributed by atoms with Gasteiger partial charge in [0.2, 0.25) is 11.8 Å². The van der Waals surface area contributed by atoms with E-state index in [0.717, 1.165) is 15.7 Å². The molecule has 0 aliphatic carbocycles. The van der Waals surface area contributed by atoms with E-state index in [4.69, 9.17) is 11.6 Å². The molecule has 1 heterocycles. The van der Waals surface area contributed by atoms with Crippen LogP contribution < -0.4 is 10.2 Å². The Kier molecular flexibility index (Phi) is 4.92. The van der Waals surface area contributed by atoms with Crippen LogP contribution in [0.4, 0.5) is 11.4 Å². The smallest absolute Gasteiger partial charge is 0.229 e. The summed E-state index contributed by atoms with van der Waals surface area (Å²) in [7, 11) is 0. The lowest BCUT2D eigenvalue weighted by atomic mass is 10.1. The molecule has 4 nitrogen and oxygen atoms in total. The van der Waals surface area contributed by atoms with Gasteiger partial charge in [-0.1, -0.05) is 17.7 Å². The van der Waals surface area contributed by atoms with E-state index in [1.54, 1.807) is 29.2 Å². The predicted molar refractivity (Wildman–Crippen MR) is 99.4 cm³/mol. The first-order valence-electron chi connectivity index (χ1n) is 7.57. The maximum Gasteiger partial charge on any atom is 0.229 e. The highest BCUT2D eigenvalue weighted by Crippen LogP contribution is 2.29. The molecule has 6 heteroatoms. The Morgan fingerprint density at radius 1 is 1.25 bits per heavy atom. The highest BCUT2D eigenvalue weighted by molar-refractivity contribution is 9.10. The standard InChI is InChI=1S/C18H16BrClN2O2/c1-11-2-7-16(15(19)8-11)21-18(24)12-9-17(23)22(10-12)14-5-3-13(20)4-6-14/h2-8,12H,9-10H2,1H3,(H,21,24)/t12-/m1/s1. The van der Waals surface area contributed by atoms with Crippen molar-refractivity contribution in [2.75, 3.05) is 16.8 Å². The summed E-state index contributed by atoms with van der Waals surface area (Å²) in [5.41, 5.74) is 2.57. The van der Waals surface area contributed by atoms with E-state index < -0.39 is 0 Å². The molecule has 3 rings (SSSR count). The van der Waals surface area contributed by atoms with Crippen LogP contribution >= 0.6 is 27.5 Å². The Morgan fingerprint density at radius 2 is 1.96 bits per heavy atom. The summed E-state index contributed by atoms with van der Waals surface area (Å²) < 4.78 is 0.828. The van der Waals surface area contributed by atoms with Crippen molar-refractivity contribution in [3.8, 4) is 0 Å². The van der Waals surface area contributed by atoms with Crippen molar-refractivity contribution in [1.82, 2.24) is 0 Å². The first kappa shape index (κ1) is 17.0. The van der Waals surface area contributed by atoms with Gasteiger partial charge in [0, 0.05) is 28.1 Å². The molecule has 1 aliphatic heterocycles. The van der Waals surface area contributed by atoms with Crippen LogP contribution in [0.2, 0.25) is 5.02 Å². The Balaban J connectivity index is 1.70. The number of aryl methyl sites for hydroxylation is 1. The molecule has 0 bridgehead atoms. The third-order valence-electron chi connectivity index (χ3n) is 4.02. The predicted octanol–water partition coefficient (Wildman–Crippen LogP) is 4.40. The van der Waals surface area contributed by atoms with E-state index in [0.29, 0.717) is 17.3 Å². The van der Waals surface area contributed by atoms with Crippen LogP contribution in [0.15, 0.2) is 46.9 Å². The molecule has 2 aromatic carbocycles. The number of benzene rings is 2. The molecule has 124 valence electrons. The Labute approximate surface area is 153 Å². The number of anilines is 2. The Hall–Kier alpha value is -1.85. The molecule has 1 atom stereocenters. The van der Waals surface area contributed by atoms with Crippen LogP contribution in [-0.2, 0) is 9.59 Å². The minimum absolute atomic E-state index is 0.0551. The first-order valence-corrected chi connectivity index (χ1v) is 8.74. The highest BCUT2D eigenvalue weighted by Gasteiger charge is 2.35. The molecule has 1 saturated heterocycles. The lowest BCUT2D eigenvalue weighted by molar-refractivity contribution is -0.122. The summed E-state index contributed by atoms with van der Waals surface area (Å²) in [5, 5.41) is 3.51. The molecule has 0 saturated carbocycles. The van der Waals surface area contributed by atoms with Crippen LogP contribution in [0.25, 0.3) is 0 Å². The van der Waals surface area contributed by atoms with Gasteiger partial charge in [-0.3, -0.25) is 9.59 Å². The van der Waals surface area contributed by atoms with Crippen LogP contribution in [0, 0.1) is 12.8 Å². The molecule has 2 amide bonds. The summed E-state index contributed by atoms with van der Waals surface area (Å²) in [5.74, 6) is -0.578. The molecule has 2 aromatic rings. The second-order valence-corrected chi connectivity index (χ2v) is 7.15.